The summed E-state index contributed by atoms with van der Waals surface area (Å²) in [4.78, 5) is 20.1. The van der Waals surface area contributed by atoms with Crippen molar-refractivity contribution in [2.75, 3.05) is 0 Å². The van der Waals surface area contributed by atoms with Gasteiger partial charge in [0.05, 0.1) is 10.2 Å². The maximum atomic E-state index is 5.11. The third-order valence-electron chi connectivity index (χ3n) is 7.57. The Labute approximate surface area is 253 Å². The highest BCUT2D eigenvalue weighted by molar-refractivity contribution is 7.22. The summed E-state index contributed by atoms with van der Waals surface area (Å²) in [6, 6.07) is 49.8. The van der Waals surface area contributed by atoms with Gasteiger partial charge in [-0.1, -0.05) is 140 Å². The third-order valence-corrected chi connectivity index (χ3v) is 8.73. The molecule has 0 saturated carbocycles. The highest BCUT2D eigenvalue weighted by Gasteiger charge is 2.19. The van der Waals surface area contributed by atoms with E-state index in [1.807, 2.05) is 72.8 Å². The van der Waals surface area contributed by atoms with E-state index in [1.54, 1.807) is 11.3 Å². The lowest BCUT2D eigenvalue weighted by Crippen LogP contribution is -2.01. The minimum atomic E-state index is 0.635. The molecule has 0 radical (unpaired) electrons. The van der Waals surface area contributed by atoms with Crippen molar-refractivity contribution in [1.82, 2.24) is 19.9 Å². The fourth-order valence-electron chi connectivity index (χ4n) is 5.52. The van der Waals surface area contributed by atoms with Gasteiger partial charge in [-0.2, -0.15) is 0 Å². The lowest BCUT2D eigenvalue weighted by atomic mass is 9.93. The molecule has 0 aliphatic rings. The zero-order chi connectivity index (χ0) is 28.6. The number of hydrogen-bond acceptors (Lipinski definition) is 5. The van der Waals surface area contributed by atoms with Gasteiger partial charge >= 0.3 is 0 Å². The summed E-state index contributed by atoms with van der Waals surface area (Å²) in [5.41, 5.74) is 7.11. The summed E-state index contributed by atoms with van der Waals surface area (Å²) < 4.78 is 1.19. The molecule has 0 saturated heterocycles. The number of fused-ring (bicyclic) bond motifs is 3. The molecule has 0 aliphatic carbocycles. The van der Waals surface area contributed by atoms with Crippen molar-refractivity contribution in [3.8, 4) is 55.9 Å². The van der Waals surface area contributed by atoms with E-state index in [1.165, 1.54) is 15.5 Å². The van der Waals surface area contributed by atoms with Crippen molar-refractivity contribution in [3.05, 3.63) is 146 Å². The maximum Gasteiger partial charge on any atom is 0.164 e. The number of hydrogen-bond donors (Lipinski definition) is 0. The monoisotopic (exact) mass is 568 g/mol. The number of nitrogens with zero attached hydrogens (tertiary/aromatic N) is 4. The number of benzene rings is 6. The van der Waals surface area contributed by atoms with Crippen LogP contribution in [0.4, 0.5) is 0 Å². The van der Waals surface area contributed by atoms with Gasteiger partial charge in [-0.3, -0.25) is 0 Å². The third kappa shape index (κ3) is 4.66. The maximum absolute atomic E-state index is 5.11. The molecule has 2 aromatic heterocycles. The van der Waals surface area contributed by atoms with E-state index < -0.39 is 0 Å². The first-order chi connectivity index (χ1) is 21.3. The quantitative estimate of drug-likeness (QED) is 0.207. The van der Waals surface area contributed by atoms with Crippen LogP contribution in [0.15, 0.2) is 146 Å². The van der Waals surface area contributed by atoms with E-state index in [4.69, 9.17) is 19.9 Å². The van der Waals surface area contributed by atoms with Crippen LogP contribution >= 0.6 is 11.3 Å². The van der Waals surface area contributed by atoms with E-state index in [0.29, 0.717) is 17.5 Å². The molecule has 0 unspecified atom stereocenters. The van der Waals surface area contributed by atoms with E-state index in [9.17, 15) is 0 Å². The Hall–Kier alpha value is -5.52. The summed E-state index contributed by atoms with van der Waals surface area (Å²) in [7, 11) is 0. The van der Waals surface area contributed by atoms with Crippen LogP contribution in [0.2, 0.25) is 0 Å². The van der Waals surface area contributed by atoms with Gasteiger partial charge in [0.25, 0.3) is 0 Å². The van der Waals surface area contributed by atoms with Crippen LogP contribution in [-0.4, -0.2) is 19.9 Å². The molecule has 43 heavy (non-hydrogen) atoms. The molecule has 8 rings (SSSR count). The Kier molecular flexibility index (Phi) is 6.28. The number of aromatic nitrogens is 4. The summed E-state index contributed by atoms with van der Waals surface area (Å²) >= 11 is 1.74. The molecule has 5 heteroatoms. The normalized spacial score (nSPS) is 11.3. The summed E-state index contributed by atoms with van der Waals surface area (Å²) in [5, 5.41) is 3.38. The molecule has 8 aromatic rings. The van der Waals surface area contributed by atoms with E-state index in [2.05, 4.69) is 72.8 Å². The lowest BCUT2D eigenvalue weighted by molar-refractivity contribution is 1.07. The summed E-state index contributed by atoms with van der Waals surface area (Å²) in [6.07, 6.45) is 0. The Balaban J connectivity index is 1.36. The fraction of sp³-hybridized carbons (Fsp3) is 0. The van der Waals surface area contributed by atoms with Crippen LogP contribution in [0.5, 0.6) is 0 Å². The highest BCUT2D eigenvalue weighted by atomic mass is 32.1. The topological polar surface area (TPSA) is 51.6 Å². The SMILES string of the molecule is c1ccc(-c2nc(-c3ccccc3)nc(-c3ccccc3-c3cc4nc(-c5ccccc5)sc4c4ccccc34)n2)cc1. The zero-order valence-corrected chi connectivity index (χ0v) is 23.9. The van der Waals surface area contributed by atoms with Crippen molar-refractivity contribution < 1.29 is 0 Å². The van der Waals surface area contributed by atoms with Crippen LogP contribution in [0.25, 0.3) is 76.9 Å². The van der Waals surface area contributed by atoms with Crippen LogP contribution < -0.4 is 0 Å². The van der Waals surface area contributed by atoms with Crippen LogP contribution in [0, 0.1) is 0 Å². The van der Waals surface area contributed by atoms with Crippen molar-refractivity contribution in [2.24, 2.45) is 0 Å². The average Bonchev–Trinajstić information content (AvgIpc) is 3.54. The molecule has 0 spiro atoms. The largest absolute Gasteiger partial charge is 0.236 e. The molecule has 0 aliphatic heterocycles. The second kappa shape index (κ2) is 10.7. The Bertz CT molecular complexity index is 2170. The molecule has 2 heterocycles. The van der Waals surface area contributed by atoms with Gasteiger partial charge in [-0.15, -0.1) is 11.3 Å². The fourth-order valence-corrected chi connectivity index (χ4v) is 6.61. The zero-order valence-electron chi connectivity index (χ0n) is 23.1. The van der Waals surface area contributed by atoms with E-state index in [0.717, 1.165) is 43.9 Å². The first-order valence-electron chi connectivity index (χ1n) is 14.2. The van der Waals surface area contributed by atoms with Gasteiger partial charge in [-0.25, -0.2) is 19.9 Å². The highest BCUT2D eigenvalue weighted by Crippen LogP contribution is 2.42. The summed E-state index contributed by atoms with van der Waals surface area (Å²) in [5.74, 6) is 1.92. The van der Waals surface area contributed by atoms with E-state index >= 15 is 0 Å². The van der Waals surface area contributed by atoms with E-state index in [-0.39, 0.29) is 0 Å². The van der Waals surface area contributed by atoms with Gasteiger partial charge < -0.3 is 0 Å². The molecule has 4 nitrogen and oxygen atoms in total. The molecule has 0 N–H and O–H groups in total. The van der Waals surface area contributed by atoms with Crippen molar-refractivity contribution in [1.29, 1.82) is 0 Å². The second-order valence-corrected chi connectivity index (χ2v) is 11.3. The molecule has 0 bridgehead atoms. The lowest BCUT2D eigenvalue weighted by Gasteiger charge is -2.14. The molecule has 202 valence electrons. The minimum Gasteiger partial charge on any atom is -0.236 e. The van der Waals surface area contributed by atoms with Crippen LogP contribution in [-0.2, 0) is 0 Å². The predicted molar refractivity (Wildman–Crippen MR) is 178 cm³/mol. The average molecular weight is 569 g/mol. The molecule has 6 aromatic carbocycles. The van der Waals surface area contributed by atoms with Crippen LogP contribution in [0.1, 0.15) is 0 Å². The van der Waals surface area contributed by atoms with Crippen molar-refractivity contribution in [3.63, 3.8) is 0 Å². The predicted octanol–water partition coefficient (Wildman–Crippen LogP) is 9.97. The number of rotatable bonds is 5. The minimum absolute atomic E-state index is 0.635. The Morgan fingerprint density at radius 1 is 0.372 bits per heavy atom. The smallest absolute Gasteiger partial charge is 0.164 e. The van der Waals surface area contributed by atoms with Gasteiger partial charge in [-0.05, 0) is 22.6 Å². The molecular formula is C38H24N4S. The molecular weight excluding hydrogens is 545 g/mol. The first kappa shape index (κ1) is 25.2. The summed E-state index contributed by atoms with van der Waals surface area (Å²) in [6.45, 7) is 0. The molecule has 0 amide bonds. The molecule has 0 atom stereocenters. The van der Waals surface area contributed by atoms with Crippen molar-refractivity contribution in [2.45, 2.75) is 0 Å². The standard InChI is InChI=1S/C38H24N4S/c1-4-14-25(15-5-1)35-40-36(26-16-6-2-7-17-26)42-37(41-35)31-23-13-11-21-29(31)32-24-33-34(30-22-12-10-20-28(30)32)43-38(39-33)27-18-8-3-9-19-27/h1-24H. The van der Waals surface area contributed by atoms with Gasteiger partial charge in [0, 0.05) is 27.6 Å². The Morgan fingerprint density at radius 3 is 1.49 bits per heavy atom. The number of thiazole rings is 1. The molecule has 0 fully saturated rings. The van der Waals surface area contributed by atoms with Crippen LogP contribution in [0.3, 0.4) is 0 Å². The van der Waals surface area contributed by atoms with Crippen molar-refractivity contribution >= 4 is 32.3 Å². The first-order valence-corrected chi connectivity index (χ1v) is 15.0. The van der Waals surface area contributed by atoms with Gasteiger partial charge in [0.2, 0.25) is 0 Å². The second-order valence-electron chi connectivity index (χ2n) is 10.3. The van der Waals surface area contributed by atoms with Gasteiger partial charge in [0.1, 0.15) is 5.01 Å². The van der Waals surface area contributed by atoms with Gasteiger partial charge in [0.15, 0.2) is 17.5 Å². The Morgan fingerprint density at radius 2 is 0.860 bits per heavy atom.